The molecule has 0 aliphatic rings. The molecule has 0 aliphatic heterocycles. The number of nitrogens with zero attached hydrogens (tertiary/aromatic N) is 3. The third-order valence-electron chi connectivity index (χ3n) is 2.51. The molecule has 0 aliphatic carbocycles. The number of aromatic carboxylic acids is 1. The van der Waals surface area contributed by atoms with Crippen molar-refractivity contribution in [3.05, 3.63) is 40.9 Å². The number of rotatable bonds is 4. The minimum absolute atomic E-state index is 0.0275. The van der Waals surface area contributed by atoms with Crippen LogP contribution >= 0.6 is 11.6 Å². The van der Waals surface area contributed by atoms with Crippen LogP contribution in [-0.4, -0.2) is 31.9 Å². The Kier molecular flexibility index (Phi) is 4.39. The Morgan fingerprint density at radius 3 is 2.76 bits per heavy atom. The van der Waals surface area contributed by atoms with E-state index in [4.69, 9.17) is 16.7 Å². The van der Waals surface area contributed by atoms with Crippen molar-refractivity contribution >= 4 is 29.3 Å². The van der Waals surface area contributed by atoms with Crippen molar-refractivity contribution in [1.82, 2.24) is 20.1 Å². The number of amides is 2. The van der Waals surface area contributed by atoms with Crippen LogP contribution < -0.4 is 10.6 Å². The van der Waals surface area contributed by atoms with Gasteiger partial charge in [-0.1, -0.05) is 11.6 Å². The Hall–Kier alpha value is -2.61. The summed E-state index contributed by atoms with van der Waals surface area (Å²) < 4.78 is 1.53. The van der Waals surface area contributed by atoms with Gasteiger partial charge in [0.2, 0.25) is 0 Å². The average Bonchev–Trinajstić information content (AvgIpc) is 2.82. The van der Waals surface area contributed by atoms with Gasteiger partial charge in [0, 0.05) is 12.7 Å². The van der Waals surface area contributed by atoms with Gasteiger partial charge in [0.1, 0.15) is 6.33 Å². The fourth-order valence-corrected chi connectivity index (χ4v) is 1.83. The molecule has 8 nitrogen and oxygen atoms in total. The first kappa shape index (κ1) is 14.8. The van der Waals surface area contributed by atoms with E-state index in [1.165, 1.54) is 29.2 Å². The highest BCUT2D eigenvalue weighted by Crippen LogP contribution is 2.20. The van der Waals surface area contributed by atoms with Crippen LogP contribution in [0.1, 0.15) is 16.2 Å². The van der Waals surface area contributed by atoms with Crippen LogP contribution in [0.2, 0.25) is 5.02 Å². The van der Waals surface area contributed by atoms with Crippen molar-refractivity contribution in [3.8, 4) is 0 Å². The van der Waals surface area contributed by atoms with E-state index in [9.17, 15) is 9.59 Å². The fraction of sp³-hybridized carbons (Fsp3) is 0.167. The van der Waals surface area contributed by atoms with Gasteiger partial charge in [-0.15, -0.1) is 0 Å². The lowest BCUT2D eigenvalue weighted by atomic mass is 10.2. The van der Waals surface area contributed by atoms with Crippen molar-refractivity contribution in [2.75, 3.05) is 5.32 Å². The van der Waals surface area contributed by atoms with E-state index in [1.807, 2.05) is 0 Å². The second-order valence-electron chi connectivity index (χ2n) is 4.14. The third kappa shape index (κ3) is 3.93. The van der Waals surface area contributed by atoms with Crippen LogP contribution in [0.25, 0.3) is 0 Å². The van der Waals surface area contributed by atoms with Gasteiger partial charge in [-0.3, -0.25) is 4.68 Å². The van der Waals surface area contributed by atoms with Gasteiger partial charge in [-0.05, 0) is 18.2 Å². The van der Waals surface area contributed by atoms with E-state index in [2.05, 4.69) is 20.7 Å². The first-order valence-electron chi connectivity index (χ1n) is 5.88. The lowest BCUT2D eigenvalue weighted by Crippen LogP contribution is -2.28. The molecule has 9 heteroatoms. The zero-order chi connectivity index (χ0) is 15.4. The first-order valence-corrected chi connectivity index (χ1v) is 6.25. The molecule has 21 heavy (non-hydrogen) atoms. The summed E-state index contributed by atoms with van der Waals surface area (Å²) in [5, 5.41) is 18.0. The minimum atomic E-state index is -1.13. The second kappa shape index (κ2) is 6.23. The van der Waals surface area contributed by atoms with E-state index in [-0.39, 0.29) is 17.1 Å². The van der Waals surface area contributed by atoms with Gasteiger partial charge in [-0.2, -0.15) is 5.10 Å². The number of benzene rings is 1. The summed E-state index contributed by atoms with van der Waals surface area (Å²) in [7, 11) is 1.72. The highest BCUT2D eigenvalue weighted by molar-refractivity contribution is 6.33. The Balaban J connectivity index is 1.93. The second-order valence-corrected chi connectivity index (χ2v) is 4.55. The number of anilines is 1. The van der Waals surface area contributed by atoms with Crippen LogP contribution in [0.4, 0.5) is 10.5 Å². The van der Waals surface area contributed by atoms with Crippen LogP contribution in [-0.2, 0) is 13.6 Å². The number of hydrogen-bond donors (Lipinski definition) is 3. The molecule has 2 aromatic rings. The number of aromatic nitrogens is 3. The van der Waals surface area contributed by atoms with Crippen LogP contribution in [0, 0.1) is 0 Å². The van der Waals surface area contributed by atoms with Crippen molar-refractivity contribution in [1.29, 1.82) is 0 Å². The smallest absolute Gasteiger partial charge is 0.337 e. The minimum Gasteiger partial charge on any atom is -0.478 e. The number of halogens is 1. The summed E-state index contributed by atoms with van der Waals surface area (Å²) >= 11 is 5.81. The summed E-state index contributed by atoms with van der Waals surface area (Å²) in [5.41, 5.74) is 0.358. The average molecular weight is 310 g/mol. The molecule has 0 saturated carbocycles. The molecular weight excluding hydrogens is 298 g/mol. The van der Waals surface area contributed by atoms with Crippen molar-refractivity contribution < 1.29 is 14.7 Å². The molecule has 110 valence electrons. The largest absolute Gasteiger partial charge is 0.478 e. The molecule has 0 bridgehead atoms. The molecule has 1 aromatic carbocycles. The first-order chi connectivity index (χ1) is 9.95. The number of carbonyl (C=O) groups is 2. The number of carboxylic acid groups (broad SMARTS) is 1. The standard InChI is InChI=1S/C12H12ClN5O3/c1-18-6-15-10(17-18)5-14-12(21)16-7-2-3-8(11(19)20)9(13)4-7/h2-4,6H,5H2,1H3,(H,19,20)(H2,14,16,21). The summed E-state index contributed by atoms with van der Waals surface area (Å²) in [6.07, 6.45) is 1.53. The predicted octanol–water partition coefficient (Wildman–Crippen LogP) is 1.49. The maximum Gasteiger partial charge on any atom is 0.337 e. The number of carbonyl (C=O) groups excluding carboxylic acids is 1. The number of nitrogens with one attached hydrogen (secondary N) is 2. The van der Waals surface area contributed by atoms with Gasteiger partial charge in [0.05, 0.1) is 17.1 Å². The SMILES string of the molecule is Cn1cnc(CNC(=O)Nc2ccc(C(=O)O)c(Cl)c2)n1. The highest BCUT2D eigenvalue weighted by Gasteiger charge is 2.10. The molecule has 3 N–H and O–H groups in total. The molecule has 2 amide bonds. The zero-order valence-electron chi connectivity index (χ0n) is 11.0. The summed E-state index contributed by atoms with van der Waals surface area (Å²) in [6, 6.07) is 3.67. The molecule has 2 rings (SSSR count). The Labute approximate surface area is 124 Å². The van der Waals surface area contributed by atoms with Gasteiger partial charge in [-0.25, -0.2) is 14.6 Å². The Bertz CT molecular complexity index is 685. The van der Waals surface area contributed by atoms with E-state index < -0.39 is 12.0 Å². The lowest BCUT2D eigenvalue weighted by molar-refractivity contribution is 0.0697. The Morgan fingerprint density at radius 2 is 2.19 bits per heavy atom. The molecule has 1 aromatic heterocycles. The normalized spacial score (nSPS) is 10.2. The molecule has 0 spiro atoms. The summed E-state index contributed by atoms with van der Waals surface area (Å²) in [4.78, 5) is 26.5. The monoisotopic (exact) mass is 309 g/mol. The van der Waals surface area contributed by atoms with Crippen molar-refractivity contribution in [2.24, 2.45) is 7.05 Å². The Morgan fingerprint density at radius 1 is 1.43 bits per heavy atom. The predicted molar refractivity (Wildman–Crippen MR) is 75.3 cm³/mol. The van der Waals surface area contributed by atoms with Crippen LogP contribution in [0.3, 0.4) is 0 Å². The van der Waals surface area contributed by atoms with E-state index in [0.717, 1.165) is 0 Å². The molecule has 0 fully saturated rings. The van der Waals surface area contributed by atoms with E-state index >= 15 is 0 Å². The van der Waals surface area contributed by atoms with Crippen molar-refractivity contribution in [2.45, 2.75) is 6.54 Å². The quantitative estimate of drug-likeness (QED) is 0.792. The molecule has 1 heterocycles. The number of hydrogen-bond acceptors (Lipinski definition) is 4. The van der Waals surface area contributed by atoms with Crippen LogP contribution in [0.5, 0.6) is 0 Å². The van der Waals surface area contributed by atoms with Gasteiger partial charge >= 0.3 is 12.0 Å². The van der Waals surface area contributed by atoms with Crippen LogP contribution in [0.15, 0.2) is 24.5 Å². The third-order valence-corrected chi connectivity index (χ3v) is 2.82. The number of aryl methyl sites for hydroxylation is 1. The molecule has 0 atom stereocenters. The van der Waals surface area contributed by atoms with Gasteiger partial charge in [0.25, 0.3) is 0 Å². The summed E-state index contributed by atoms with van der Waals surface area (Å²) in [6.45, 7) is 0.174. The highest BCUT2D eigenvalue weighted by atomic mass is 35.5. The molecule has 0 unspecified atom stereocenters. The lowest BCUT2D eigenvalue weighted by Gasteiger charge is -2.07. The molecule has 0 radical (unpaired) electrons. The molecule has 0 saturated heterocycles. The number of urea groups is 1. The van der Waals surface area contributed by atoms with Gasteiger partial charge < -0.3 is 15.7 Å². The van der Waals surface area contributed by atoms with E-state index in [1.54, 1.807) is 7.05 Å². The summed E-state index contributed by atoms with van der Waals surface area (Å²) in [5.74, 6) is -0.649. The number of carboxylic acids is 1. The fourth-order valence-electron chi connectivity index (χ4n) is 1.57. The van der Waals surface area contributed by atoms with Crippen molar-refractivity contribution in [3.63, 3.8) is 0 Å². The maximum atomic E-state index is 11.7. The van der Waals surface area contributed by atoms with E-state index in [0.29, 0.717) is 11.5 Å². The van der Waals surface area contributed by atoms with Gasteiger partial charge in [0.15, 0.2) is 5.82 Å². The topological polar surface area (TPSA) is 109 Å². The molecular formula is C12H12ClN5O3. The maximum absolute atomic E-state index is 11.7. The zero-order valence-corrected chi connectivity index (χ0v) is 11.8.